The van der Waals surface area contributed by atoms with Gasteiger partial charge in [0, 0.05) is 6.54 Å². The van der Waals surface area contributed by atoms with Gasteiger partial charge in [0.25, 0.3) is 0 Å². The number of nitrogens with one attached hydrogen (secondary N) is 2. The first kappa shape index (κ1) is 21.2. The smallest absolute Gasteiger partial charge is 0.312 e. The van der Waals surface area contributed by atoms with E-state index in [1.54, 1.807) is 30.3 Å². The summed E-state index contributed by atoms with van der Waals surface area (Å²) >= 11 is 0. The Labute approximate surface area is 165 Å². The summed E-state index contributed by atoms with van der Waals surface area (Å²) in [5.41, 5.74) is 1.47. The number of carbonyl (C=O) groups excluding carboxylic acids is 2. The van der Waals surface area contributed by atoms with Gasteiger partial charge in [0.2, 0.25) is 11.8 Å². The van der Waals surface area contributed by atoms with E-state index < -0.39 is 23.8 Å². The Morgan fingerprint density at radius 2 is 1.50 bits per heavy atom. The lowest BCUT2D eigenvalue weighted by Gasteiger charge is -2.23. The van der Waals surface area contributed by atoms with Crippen molar-refractivity contribution in [1.82, 2.24) is 10.6 Å². The molecule has 2 aromatic carbocycles. The van der Waals surface area contributed by atoms with E-state index in [9.17, 15) is 19.5 Å². The second-order valence-electron chi connectivity index (χ2n) is 7.00. The van der Waals surface area contributed by atoms with Crippen LogP contribution < -0.4 is 10.6 Å². The van der Waals surface area contributed by atoms with E-state index >= 15 is 0 Å². The number of rotatable bonds is 9. The molecule has 2 aromatic rings. The van der Waals surface area contributed by atoms with Crippen LogP contribution in [0.5, 0.6) is 0 Å². The monoisotopic (exact) mass is 382 g/mol. The Bertz CT molecular complexity index is 791. The van der Waals surface area contributed by atoms with Crippen LogP contribution in [0.1, 0.15) is 30.9 Å². The highest BCUT2D eigenvalue weighted by Crippen LogP contribution is 2.15. The van der Waals surface area contributed by atoms with Crippen LogP contribution in [-0.4, -0.2) is 35.5 Å². The Morgan fingerprint density at radius 3 is 2.04 bits per heavy atom. The van der Waals surface area contributed by atoms with Crippen LogP contribution in [0.2, 0.25) is 0 Å². The van der Waals surface area contributed by atoms with Crippen molar-refractivity contribution < 1.29 is 19.5 Å². The summed E-state index contributed by atoms with van der Waals surface area (Å²) in [6.07, 6.45) is 0.180. The van der Waals surface area contributed by atoms with Crippen molar-refractivity contribution in [3.05, 3.63) is 71.8 Å². The molecule has 0 aliphatic heterocycles. The molecule has 28 heavy (non-hydrogen) atoms. The molecule has 0 saturated heterocycles. The maximum atomic E-state index is 12.6. The molecule has 2 atom stereocenters. The summed E-state index contributed by atoms with van der Waals surface area (Å²) < 4.78 is 0. The first-order valence-electron chi connectivity index (χ1n) is 9.27. The van der Waals surface area contributed by atoms with Crippen molar-refractivity contribution in [2.24, 2.45) is 5.92 Å². The highest BCUT2D eigenvalue weighted by atomic mass is 16.4. The van der Waals surface area contributed by atoms with Gasteiger partial charge in [-0.3, -0.25) is 14.4 Å². The zero-order chi connectivity index (χ0) is 20.5. The van der Waals surface area contributed by atoms with E-state index in [0.29, 0.717) is 5.56 Å². The normalized spacial score (nSPS) is 12.8. The molecule has 0 aliphatic carbocycles. The number of aliphatic carboxylic acids is 1. The van der Waals surface area contributed by atoms with Crippen LogP contribution in [0.15, 0.2) is 60.7 Å². The van der Waals surface area contributed by atoms with Gasteiger partial charge in [-0.05, 0) is 17.0 Å². The summed E-state index contributed by atoms with van der Waals surface area (Å²) in [6.45, 7) is 3.62. The first-order chi connectivity index (χ1) is 13.4. The van der Waals surface area contributed by atoms with Gasteiger partial charge in [-0.25, -0.2) is 0 Å². The number of benzene rings is 2. The summed E-state index contributed by atoms with van der Waals surface area (Å²) in [5, 5.41) is 14.9. The first-order valence-corrected chi connectivity index (χ1v) is 9.27. The Morgan fingerprint density at radius 1 is 0.929 bits per heavy atom. The van der Waals surface area contributed by atoms with Gasteiger partial charge in [-0.1, -0.05) is 74.5 Å². The summed E-state index contributed by atoms with van der Waals surface area (Å²) in [7, 11) is 0. The average Bonchev–Trinajstić information content (AvgIpc) is 2.67. The van der Waals surface area contributed by atoms with Gasteiger partial charge in [-0.15, -0.1) is 0 Å². The van der Waals surface area contributed by atoms with E-state index in [1.165, 1.54) is 0 Å². The molecule has 3 N–H and O–H groups in total. The van der Waals surface area contributed by atoms with Gasteiger partial charge in [-0.2, -0.15) is 0 Å². The van der Waals surface area contributed by atoms with Crippen LogP contribution in [-0.2, 0) is 20.8 Å². The minimum atomic E-state index is -1.01. The zero-order valence-corrected chi connectivity index (χ0v) is 16.1. The molecule has 0 saturated carbocycles. The lowest BCUT2D eigenvalue weighted by atomic mass is 9.98. The predicted octanol–water partition coefficient (Wildman–Crippen LogP) is 2.35. The Hall–Kier alpha value is -3.15. The molecule has 148 valence electrons. The largest absolute Gasteiger partial charge is 0.481 e. The van der Waals surface area contributed by atoms with E-state index in [0.717, 1.165) is 5.56 Å². The molecule has 6 heteroatoms. The van der Waals surface area contributed by atoms with Crippen molar-refractivity contribution in [3.63, 3.8) is 0 Å². The minimum absolute atomic E-state index is 0.0457. The molecular formula is C22H26N2O4. The van der Waals surface area contributed by atoms with Crippen LogP contribution in [0.3, 0.4) is 0 Å². The van der Waals surface area contributed by atoms with Crippen LogP contribution in [0, 0.1) is 5.92 Å². The average molecular weight is 382 g/mol. The molecule has 0 aromatic heterocycles. The molecule has 0 radical (unpaired) electrons. The third-order valence-corrected chi connectivity index (χ3v) is 4.45. The van der Waals surface area contributed by atoms with Gasteiger partial charge >= 0.3 is 5.97 Å². The van der Waals surface area contributed by atoms with Crippen molar-refractivity contribution in [3.8, 4) is 0 Å². The van der Waals surface area contributed by atoms with E-state index in [2.05, 4.69) is 10.6 Å². The lowest BCUT2D eigenvalue weighted by molar-refractivity contribution is -0.139. The van der Waals surface area contributed by atoms with Crippen molar-refractivity contribution >= 4 is 17.8 Å². The van der Waals surface area contributed by atoms with Crippen LogP contribution >= 0.6 is 0 Å². The number of carboxylic acid groups (broad SMARTS) is 1. The number of carboxylic acids is 1. The van der Waals surface area contributed by atoms with E-state index in [-0.39, 0.29) is 24.8 Å². The summed E-state index contributed by atoms with van der Waals surface area (Å²) in [6, 6.07) is 17.3. The maximum absolute atomic E-state index is 12.6. The topological polar surface area (TPSA) is 95.5 Å². The molecule has 0 bridgehead atoms. The maximum Gasteiger partial charge on any atom is 0.312 e. The number of hydrogen-bond donors (Lipinski definition) is 3. The molecule has 2 amide bonds. The van der Waals surface area contributed by atoms with Gasteiger partial charge < -0.3 is 15.7 Å². The fourth-order valence-corrected chi connectivity index (χ4v) is 2.89. The minimum Gasteiger partial charge on any atom is -0.481 e. The lowest BCUT2D eigenvalue weighted by Crippen LogP contribution is -2.51. The molecule has 6 nitrogen and oxygen atoms in total. The fraction of sp³-hybridized carbons (Fsp3) is 0.318. The molecule has 2 rings (SSSR count). The zero-order valence-electron chi connectivity index (χ0n) is 16.1. The molecule has 2 unspecified atom stereocenters. The van der Waals surface area contributed by atoms with Gasteiger partial charge in [0.1, 0.15) is 6.04 Å². The molecule has 0 spiro atoms. The van der Waals surface area contributed by atoms with Crippen molar-refractivity contribution in [2.75, 3.05) is 6.54 Å². The summed E-state index contributed by atoms with van der Waals surface area (Å²) in [5.74, 6) is -2.64. The molecule has 0 aliphatic rings. The predicted molar refractivity (Wildman–Crippen MR) is 107 cm³/mol. The van der Waals surface area contributed by atoms with E-state index in [4.69, 9.17) is 0 Å². The van der Waals surface area contributed by atoms with Crippen LogP contribution in [0.4, 0.5) is 0 Å². The number of amides is 2. The number of hydrogen-bond acceptors (Lipinski definition) is 3. The second kappa shape index (κ2) is 10.3. The fourth-order valence-electron chi connectivity index (χ4n) is 2.89. The van der Waals surface area contributed by atoms with Gasteiger partial charge in [0.05, 0.1) is 12.3 Å². The van der Waals surface area contributed by atoms with Crippen LogP contribution in [0.25, 0.3) is 0 Å². The van der Waals surface area contributed by atoms with E-state index in [1.807, 2.05) is 44.2 Å². The summed E-state index contributed by atoms with van der Waals surface area (Å²) in [4.78, 5) is 36.5. The van der Waals surface area contributed by atoms with Gasteiger partial charge in [0.15, 0.2) is 0 Å². The quantitative estimate of drug-likeness (QED) is 0.620. The number of carbonyl (C=O) groups is 3. The highest BCUT2D eigenvalue weighted by molar-refractivity contribution is 5.89. The Kier molecular flexibility index (Phi) is 7.75. The molecule has 0 fully saturated rings. The molecular weight excluding hydrogens is 356 g/mol. The molecule has 0 heterocycles. The highest BCUT2D eigenvalue weighted by Gasteiger charge is 2.26. The SMILES string of the molecule is CC(C)C(NC(=O)Cc1ccccc1)C(=O)NCC(C(=O)O)c1ccccc1. The third-order valence-electron chi connectivity index (χ3n) is 4.45. The van der Waals surface area contributed by atoms with Crippen molar-refractivity contribution in [1.29, 1.82) is 0 Å². The van der Waals surface area contributed by atoms with Crippen molar-refractivity contribution in [2.45, 2.75) is 32.2 Å². The second-order valence-corrected chi connectivity index (χ2v) is 7.00. The Balaban J connectivity index is 1.98. The standard InChI is InChI=1S/C22H26N2O4/c1-15(2)20(24-19(25)13-16-9-5-3-6-10-16)21(26)23-14-18(22(27)28)17-11-7-4-8-12-17/h3-12,15,18,20H,13-14H2,1-2H3,(H,23,26)(H,24,25)(H,27,28). The third kappa shape index (κ3) is 6.23.